The number of nitrogens with one attached hydrogen (secondary N) is 1. The van der Waals surface area contributed by atoms with Gasteiger partial charge in [-0.3, -0.25) is 4.79 Å². The highest BCUT2D eigenvalue weighted by Gasteiger charge is 2.47. The van der Waals surface area contributed by atoms with Crippen molar-refractivity contribution in [3.63, 3.8) is 0 Å². The third-order valence-corrected chi connectivity index (χ3v) is 5.55. The third kappa shape index (κ3) is 6.28. The third-order valence-electron chi connectivity index (χ3n) is 4.08. The molecule has 1 aromatic carbocycles. The summed E-state index contributed by atoms with van der Waals surface area (Å²) in [5.41, 5.74) is 0.0586. The van der Waals surface area contributed by atoms with E-state index in [1.165, 1.54) is 0 Å². The monoisotopic (exact) mass is 424 g/mol. The number of carbonyl (C=O) groups is 3. The summed E-state index contributed by atoms with van der Waals surface area (Å²) >= 11 is 0. The Balaban J connectivity index is 2.03. The molecule has 160 valence electrons. The lowest BCUT2D eigenvalue weighted by atomic mass is 10.0. The van der Waals surface area contributed by atoms with Crippen LogP contribution in [0.15, 0.2) is 30.3 Å². The van der Waals surface area contributed by atoms with Crippen molar-refractivity contribution in [3.05, 3.63) is 35.9 Å². The Morgan fingerprint density at radius 2 is 1.86 bits per heavy atom. The zero-order valence-corrected chi connectivity index (χ0v) is 18.2. The Bertz CT molecular complexity index is 775. The van der Waals surface area contributed by atoms with Crippen molar-refractivity contribution in [1.82, 2.24) is 9.62 Å². The van der Waals surface area contributed by atoms with Crippen LogP contribution in [0, 0.1) is 5.92 Å². The predicted molar refractivity (Wildman–Crippen MR) is 108 cm³/mol. The molecular weight excluding hydrogens is 396 g/mol. The van der Waals surface area contributed by atoms with Crippen molar-refractivity contribution in [1.29, 1.82) is 0 Å². The maximum absolute atomic E-state index is 12.8. The van der Waals surface area contributed by atoms with Crippen molar-refractivity contribution in [3.8, 4) is 0 Å². The summed E-state index contributed by atoms with van der Waals surface area (Å²) in [6.07, 6.45) is -0.788. The molecule has 2 rings (SSSR count). The van der Waals surface area contributed by atoms with Crippen LogP contribution >= 0.6 is 0 Å². The first-order valence-corrected chi connectivity index (χ1v) is 10.7. The standard InChI is InChI=1S/C20H28N2O6S/c1-13(2)16(18(24)28-20(3,4)5)22-17(23)15(12-29(22)26)21-19(25)27-11-14-9-7-6-8-10-14/h6-10,13,15-16H,11-12H2,1-5H3,(H,21,25)/t15-,16-,29?/m0/s1. The molecule has 0 radical (unpaired) electrons. The van der Waals surface area contributed by atoms with Gasteiger partial charge in [0, 0.05) is 0 Å². The SMILES string of the molecule is CC(C)[C@@H](C(=O)OC(C)(C)C)N1C(=O)[C@@H](NC(=O)OCc2ccccc2)CS1=O. The fraction of sp³-hybridized carbons (Fsp3) is 0.550. The molecule has 1 aliphatic heterocycles. The summed E-state index contributed by atoms with van der Waals surface area (Å²) in [4.78, 5) is 37.5. The van der Waals surface area contributed by atoms with E-state index in [2.05, 4.69) is 5.32 Å². The predicted octanol–water partition coefficient (Wildman–Crippen LogP) is 2.15. The summed E-state index contributed by atoms with van der Waals surface area (Å²) in [6, 6.07) is 7.07. The largest absolute Gasteiger partial charge is 0.458 e. The second kappa shape index (κ2) is 9.39. The van der Waals surface area contributed by atoms with Gasteiger partial charge in [0.05, 0.1) is 5.75 Å². The van der Waals surface area contributed by atoms with Gasteiger partial charge in [-0.25, -0.2) is 18.1 Å². The number of benzene rings is 1. The smallest absolute Gasteiger partial charge is 0.408 e. The number of esters is 1. The molecule has 0 saturated carbocycles. The van der Waals surface area contributed by atoms with Crippen LogP contribution in [0.1, 0.15) is 40.2 Å². The molecule has 3 atom stereocenters. The Hall–Kier alpha value is -2.42. The van der Waals surface area contributed by atoms with E-state index in [-0.39, 0.29) is 18.3 Å². The van der Waals surface area contributed by atoms with E-state index in [4.69, 9.17) is 9.47 Å². The summed E-state index contributed by atoms with van der Waals surface area (Å²) in [7, 11) is -1.76. The molecule has 1 fully saturated rings. The normalized spacial score (nSPS) is 20.5. The van der Waals surface area contributed by atoms with Crippen LogP contribution in [0.5, 0.6) is 0 Å². The molecular formula is C20H28N2O6S. The van der Waals surface area contributed by atoms with Crippen molar-refractivity contribution >= 4 is 29.0 Å². The number of carbonyl (C=O) groups excluding carboxylic acids is 3. The number of hydrogen-bond donors (Lipinski definition) is 1. The summed E-state index contributed by atoms with van der Waals surface area (Å²) in [5, 5.41) is 2.44. The van der Waals surface area contributed by atoms with Gasteiger partial charge < -0.3 is 14.8 Å². The molecule has 29 heavy (non-hydrogen) atoms. The minimum absolute atomic E-state index is 0.0485. The number of nitrogens with zero attached hydrogens (tertiary/aromatic N) is 1. The van der Waals surface area contributed by atoms with Crippen molar-refractivity contribution in [2.24, 2.45) is 5.92 Å². The Kier molecular flexibility index (Phi) is 7.40. The van der Waals surface area contributed by atoms with Crippen LogP contribution in [-0.2, 0) is 36.7 Å². The topological polar surface area (TPSA) is 102 Å². The van der Waals surface area contributed by atoms with E-state index in [1.807, 2.05) is 18.2 Å². The summed E-state index contributed by atoms with van der Waals surface area (Å²) < 4.78 is 24.1. The maximum Gasteiger partial charge on any atom is 0.408 e. The van der Waals surface area contributed by atoms with Gasteiger partial charge in [-0.15, -0.1) is 0 Å². The first-order chi connectivity index (χ1) is 13.5. The molecule has 1 aliphatic rings. The van der Waals surface area contributed by atoms with Crippen LogP contribution in [0.3, 0.4) is 0 Å². The number of ether oxygens (including phenoxy) is 2. The second-order valence-corrected chi connectivity index (χ2v) is 9.50. The second-order valence-electron chi connectivity index (χ2n) is 8.13. The molecule has 0 bridgehead atoms. The highest BCUT2D eigenvalue weighted by atomic mass is 32.2. The molecule has 1 heterocycles. The summed E-state index contributed by atoms with van der Waals surface area (Å²) in [5.74, 6) is -1.65. The molecule has 8 nitrogen and oxygen atoms in total. The molecule has 9 heteroatoms. The van der Waals surface area contributed by atoms with Crippen LogP contribution in [0.4, 0.5) is 4.79 Å². The van der Waals surface area contributed by atoms with Crippen molar-refractivity contribution in [2.75, 3.05) is 5.75 Å². The van der Waals surface area contributed by atoms with Crippen LogP contribution in [-0.4, -0.2) is 49.9 Å². The number of hydrogen-bond acceptors (Lipinski definition) is 6. The number of rotatable bonds is 6. The zero-order chi connectivity index (χ0) is 21.8. The zero-order valence-electron chi connectivity index (χ0n) is 17.3. The van der Waals surface area contributed by atoms with Gasteiger partial charge in [0.25, 0.3) is 5.91 Å². The number of alkyl carbamates (subject to hydrolysis) is 1. The van der Waals surface area contributed by atoms with Crippen LogP contribution in [0.2, 0.25) is 0 Å². The summed E-state index contributed by atoms with van der Waals surface area (Å²) in [6.45, 7) is 8.70. The van der Waals surface area contributed by atoms with E-state index in [1.54, 1.807) is 46.8 Å². The molecule has 1 saturated heterocycles. The van der Waals surface area contributed by atoms with Gasteiger partial charge in [0.1, 0.15) is 35.3 Å². The minimum Gasteiger partial charge on any atom is -0.458 e. The molecule has 0 spiro atoms. The molecule has 2 amide bonds. The van der Waals surface area contributed by atoms with E-state index in [9.17, 15) is 18.6 Å². The van der Waals surface area contributed by atoms with Crippen molar-refractivity contribution < 1.29 is 28.1 Å². The van der Waals surface area contributed by atoms with E-state index in [0.29, 0.717) is 0 Å². The van der Waals surface area contributed by atoms with Crippen LogP contribution < -0.4 is 5.32 Å². The van der Waals surface area contributed by atoms with E-state index < -0.39 is 46.6 Å². The molecule has 0 aliphatic carbocycles. The fourth-order valence-corrected chi connectivity index (χ4v) is 4.41. The van der Waals surface area contributed by atoms with E-state index >= 15 is 0 Å². The lowest BCUT2D eigenvalue weighted by Crippen LogP contribution is -2.51. The van der Waals surface area contributed by atoms with Gasteiger partial charge in [-0.05, 0) is 32.3 Å². The average Bonchev–Trinajstić information content (AvgIpc) is 2.87. The quantitative estimate of drug-likeness (QED) is 0.702. The molecule has 1 N–H and O–H groups in total. The lowest BCUT2D eigenvalue weighted by Gasteiger charge is -2.31. The Morgan fingerprint density at radius 1 is 1.24 bits per heavy atom. The maximum atomic E-state index is 12.8. The highest BCUT2D eigenvalue weighted by molar-refractivity contribution is 7.83. The lowest BCUT2D eigenvalue weighted by molar-refractivity contribution is -0.163. The Morgan fingerprint density at radius 3 is 2.41 bits per heavy atom. The van der Waals surface area contributed by atoms with Gasteiger partial charge in [-0.1, -0.05) is 44.2 Å². The molecule has 1 unspecified atom stereocenters. The minimum atomic E-state index is -1.76. The first kappa shape index (κ1) is 22.9. The van der Waals surface area contributed by atoms with Crippen LogP contribution in [0.25, 0.3) is 0 Å². The molecule has 1 aromatic rings. The van der Waals surface area contributed by atoms with Crippen molar-refractivity contribution in [2.45, 2.75) is 58.9 Å². The fourth-order valence-electron chi connectivity index (χ4n) is 2.82. The van der Waals surface area contributed by atoms with Gasteiger partial charge >= 0.3 is 12.1 Å². The Labute approximate surface area is 173 Å². The van der Waals surface area contributed by atoms with Gasteiger partial charge in [0.2, 0.25) is 0 Å². The molecule has 0 aromatic heterocycles. The highest BCUT2D eigenvalue weighted by Crippen LogP contribution is 2.24. The van der Waals surface area contributed by atoms with Gasteiger partial charge in [0.15, 0.2) is 0 Å². The number of amides is 2. The average molecular weight is 425 g/mol. The first-order valence-electron chi connectivity index (χ1n) is 9.41. The van der Waals surface area contributed by atoms with Gasteiger partial charge in [-0.2, -0.15) is 0 Å². The van der Waals surface area contributed by atoms with E-state index in [0.717, 1.165) is 9.87 Å².